The van der Waals surface area contributed by atoms with Gasteiger partial charge < -0.3 is 0 Å². The summed E-state index contributed by atoms with van der Waals surface area (Å²) in [5, 5.41) is 0. The van der Waals surface area contributed by atoms with Gasteiger partial charge in [-0.2, -0.15) is 0 Å². The zero-order valence-corrected chi connectivity index (χ0v) is 10.2. The lowest BCUT2D eigenvalue weighted by Gasteiger charge is -2.36. The van der Waals surface area contributed by atoms with Gasteiger partial charge in [-0.25, -0.2) is 0 Å². The number of halogens is 2. The summed E-state index contributed by atoms with van der Waals surface area (Å²) in [5.74, 6) is 0.775. The Hall–Kier alpha value is 0.300. The Bertz CT molecular complexity index is 234. The van der Waals surface area contributed by atoms with Crippen LogP contribution in [-0.2, 0) is 9.59 Å². The quantitative estimate of drug-likeness (QED) is 0.642. The zero-order valence-electron chi connectivity index (χ0n) is 7.00. The minimum absolute atomic E-state index is 0.0831. The van der Waals surface area contributed by atoms with Gasteiger partial charge in [0.15, 0.2) is 0 Å². The van der Waals surface area contributed by atoms with Crippen LogP contribution in [0.5, 0.6) is 0 Å². The molecule has 0 heterocycles. The molecule has 72 valence electrons. The summed E-state index contributed by atoms with van der Waals surface area (Å²) in [6.45, 7) is 0. The third-order valence-corrected chi connectivity index (χ3v) is 4.62. The summed E-state index contributed by atoms with van der Waals surface area (Å²) < 4.78 is 0. The number of ketones is 2. The maximum absolute atomic E-state index is 11.6. The van der Waals surface area contributed by atoms with Crippen molar-refractivity contribution < 1.29 is 9.59 Å². The Kier molecular flexibility index (Phi) is 2.62. The predicted molar refractivity (Wildman–Crippen MR) is 56.3 cm³/mol. The third-order valence-electron chi connectivity index (χ3n) is 2.97. The van der Waals surface area contributed by atoms with Gasteiger partial charge in [0, 0.05) is 11.8 Å². The molecule has 0 N–H and O–H groups in total. The molecule has 0 aromatic heterocycles. The molecule has 2 fully saturated rings. The highest BCUT2D eigenvalue weighted by Gasteiger charge is 2.44. The van der Waals surface area contributed by atoms with Crippen LogP contribution in [-0.4, -0.2) is 21.2 Å². The second-order valence-corrected chi connectivity index (χ2v) is 6.05. The summed E-state index contributed by atoms with van der Waals surface area (Å²) in [4.78, 5) is 23.1. The molecule has 0 aromatic carbocycles. The molecule has 13 heavy (non-hydrogen) atoms. The van der Waals surface area contributed by atoms with Crippen molar-refractivity contribution in [2.45, 2.75) is 28.9 Å². The first-order valence-corrected chi connectivity index (χ1v) is 6.28. The summed E-state index contributed by atoms with van der Waals surface area (Å²) >= 11 is 6.68. The van der Waals surface area contributed by atoms with Crippen LogP contribution < -0.4 is 0 Å². The van der Waals surface area contributed by atoms with Crippen molar-refractivity contribution in [2.24, 2.45) is 11.8 Å². The Morgan fingerprint density at radius 1 is 0.846 bits per heavy atom. The number of Topliss-reactive ketones (excluding diaryl/α,β-unsaturated/α-hetero) is 2. The average molecular weight is 310 g/mol. The van der Waals surface area contributed by atoms with Crippen molar-refractivity contribution in [3.05, 3.63) is 0 Å². The van der Waals surface area contributed by atoms with Gasteiger partial charge in [-0.3, -0.25) is 9.59 Å². The molecule has 0 radical (unpaired) electrons. The first kappa shape index (κ1) is 9.84. The van der Waals surface area contributed by atoms with Gasteiger partial charge >= 0.3 is 0 Å². The standard InChI is InChI=1S/C9H10Br2O2/c10-6-2-4-1-5(9(6)13)3-7(11)8(4)12/h4-7H,1-3H2/t4-,5-,6+,7+/m0/s1. The largest absolute Gasteiger partial charge is 0.298 e. The topological polar surface area (TPSA) is 34.1 Å². The number of carbonyl (C=O) groups excluding carboxylic acids is 2. The van der Waals surface area contributed by atoms with E-state index >= 15 is 0 Å². The van der Waals surface area contributed by atoms with Crippen LogP contribution in [0.25, 0.3) is 0 Å². The monoisotopic (exact) mass is 308 g/mol. The molecule has 4 heteroatoms. The molecule has 0 spiro atoms. The van der Waals surface area contributed by atoms with E-state index in [4.69, 9.17) is 0 Å². The summed E-state index contributed by atoms with van der Waals surface area (Å²) in [7, 11) is 0. The van der Waals surface area contributed by atoms with Crippen LogP contribution >= 0.6 is 31.9 Å². The maximum Gasteiger partial charge on any atom is 0.149 e. The highest BCUT2D eigenvalue weighted by Crippen LogP contribution is 2.40. The van der Waals surface area contributed by atoms with Gasteiger partial charge in [0.05, 0.1) is 9.65 Å². The van der Waals surface area contributed by atoms with Gasteiger partial charge in [0.25, 0.3) is 0 Å². The van der Waals surface area contributed by atoms with Crippen LogP contribution in [0.1, 0.15) is 19.3 Å². The van der Waals surface area contributed by atoms with Gasteiger partial charge in [-0.15, -0.1) is 0 Å². The number of alkyl halides is 2. The van der Waals surface area contributed by atoms with E-state index in [0.717, 1.165) is 6.42 Å². The molecular formula is C9H10Br2O2. The Labute approximate surface area is 93.7 Å². The van der Waals surface area contributed by atoms with E-state index in [1.165, 1.54) is 0 Å². The van der Waals surface area contributed by atoms with Crippen LogP contribution in [0, 0.1) is 11.8 Å². The van der Waals surface area contributed by atoms with Crippen LogP contribution in [0.15, 0.2) is 0 Å². The highest BCUT2D eigenvalue weighted by atomic mass is 79.9. The van der Waals surface area contributed by atoms with E-state index in [2.05, 4.69) is 31.9 Å². The first-order chi connectivity index (χ1) is 6.09. The fourth-order valence-corrected chi connectivity index (χ4v) is 3.89. The molecule has 2 aliphatic rings. The van der Waals surface area contributed by atoms with Crippen molar-refractivity contribution >= 4 is 43.4 Å². The number of hydrogen-bond acceptors (Lipinski definition) is 2. The van der Waals surface area contributed by atoms with Crippen LogP contribution in [0.2, 0.25) is 0 Å². The molecule has 0 aliphatic heterocycles. The molecule has 2 saturated carbocycles. The Balaban J connectivity index is 2.21. The minimum Gasteiger partial charge on any atom is -0.298 e. The summed E-state index contributed by atoms with van der Waals surface area (Å²) in [5.41, 5.74) is 0. The molecule has 0 saturated heterocycles. The van der Waals surface area contributed by atoms with E-state index in [1.807, 2.05) is 0 Å². The van der Waals surface area contributed by atoms with E-state index in [0.29, 0.717) is 12.8 Å². The summed E-state index contributed by atoms with van der Waals surface area (Å²) in [6, 6.07) is 0. The molecule has 2 rings (SSSR count). The lowest BCUT2D eigenvalue weighted by atomic mass is 9.71. The normalized spacial score (nSPS) is 45.1. The van der Waals surface area contributed by atoms with Crippen molar-refractivity contribution in [2.75, 3.05) is 0 Å². The highest BCUT2D eigenvalue weighted by molar-refractivity contribution is 9.10. The van der Waals surface area contributed by atoms with Crippen LogP contribution in [0.3, 0.4) is 0 Å². The molecule has 2 bridgehead atoms. The number of carbonyl (C=O) groups is 2. The molecule has 0 amide bonds. The van der Waals surface area contributed by atoms with E-state index < -0.39 is 0 Å². The molecule has 0 unspecified atom stereocenters. The second kappa shape index (κ2) is 3.46. The molecule has 2 nitrogen and oxygen atoms in total. The fourth-order valence-electron chi connectivity index (χ4n) is 2.24. The van der Waals surface area contributed by atoms with Crippen molar-refractivity contribution in [3.8, 4) is 0 Å². The first-order valence-electron chi connectivity index (χ1n) is 4.45. The molecule has 2 aliphatic carbocycles. The molecule has 0 aromatic rings. The molecule has 4 atom stereocenters. The van der Waals surface area contributed by atoms with Crippen molar-refractivity contribution in [3.63, 3.8) is 0 Å². The predicted octanol–water partition coefficient (Wildman–Crippen LogP) is 2.08. The zero-order chi connectivity index (χ0) is 9.59. The lowest BCUT2D eigenvalue weighted by molar-refractivity contribution is -0.133. The third kappa shape index (κ3) is 1.63. The van der Waals surface area contributed by atoms with E-state index in [9.17, 15) is 9.59 Å². The number of rotatable bonds is 0. The van der Waals surface area contributed by atoms with Crippen molar-refractivity contribution in [1.82, 2.24) is 0 Å². The summed E-state index contributed by atoms with van der Waals surface area (Å²) in [6.07, 6.45) is 2.16. The molecular weight excluding hydrogens is 300 g/mol. The fraction of sp³-hybridized carbons (Fsp3) is 0.778. The second-order valence-electron chi connectivity index (χ2n) is 3.84. The minimum atomic E-state index is -0.0831. The SMILES string of the molecule is O=C1[C@H]2C[C@@H](C[C@H]1Br)C(=O)[C@H](Br)C2. The smallest absolute Gasteiger partial charge is 0.149 e. The van der Waals surface area contributed by atoms with Crippen molar-refractivity contribution in [1.29, 1.82) is 0 Å². The average Bonchev–Trinajstić information content (AvgIpc) is 2.09. The van der Waals surface area contributed by atoms with Gasteiger partial charge in [0.2, 0.25) is 0 Å². The van der Waals surface area contributed by atoms with Crippen LogP contribution in [0.4, 0.5) is 0 Å². The Morgan fingerprint density at radius 3 is 1.62 bits per heavy atom. The maximum atomic E-state index is 11.6. The van der Waals surface area contributed by atoms with E-state index in [1.54, 1.807) is 0 Å². The Morgan fingerprint density at radius 2 is 1.23 bits per heavy atom. The van der Waals surface area contributed by atoms with Gasteiger partial charge in [-0.05, 0) is 19.3 Å². The number of fused-ring (bicyclic) bond motifs is 2. The van der Waals surface area contributed by atoms with Gasteiger partial charge in [0.1, 0.15) is 11.6 Å². The lowest BCUT2D eigenvalue weighted by Crippen LogP contribution is -2.45. The van der Waals surface area contributed by atoms with Gasteiger partial charge in [-0.1, -0.05) is 31.9 Å². The van der Waals surface area contributed by atoms with E-state index in [-0.39, 0.29) is 33.1 Å². The number of hydrogen-bond donors (Lipinski definition) is 0.